The number of benzene rings is 2. The van der Waals surface area contributed by atoms with Crippen LogP contribution >= 0.6 is 23.5 Å². The summed E-state index contributed by atoms with van der Waals surface area (Å²) in [6.07, 6.45) is 9.53. The van der Waals surface area contributed by atoms with Gasteiger partial charge in [0.25, 0.3) is 0 Å². The third-order valence-electron chi connectivity index (χ3n) is 4.74. The van der Waals surface area contributed by atoms with Gasteiger partial charge >= 0.3 is 0 Å². The van der Waals surface area contributed by atoms with Crippen molar-refractivity contribution in [1.82, 2.24) is 0 Å². The Hall–Kier alpha value is -2.11. The molecule has 0 bridgehead atoms. The maximum Gasteiger partial charge on any atom is 0.185 e. The Bertz CT molecular complexity index is 869. The van der Waals surface area contributed by atoms with Crippen LogP contribution < -0.4 is 9.47 Å². The summed E-state index contributed by atoms with van der Waals surface area (Å²) in [7, 11) is 3.34. The molecule has 0 radical (unpaired) electrons. The topological polar surface area (TPSA) is 35.5 Å². The van der Waals surface area contributed by atoms with Crippen molar-refractivity contribution in [1.29, 1.82) is 0 Å². The molecule has 3 nitrogen and oxygen atoms in total. The van der Waals surface area contributed by atoms with Crippen LogP contribution in [0.1, 0.15) is 24.0 Å². The van der Waals surface area contributed by atoms with E-state index in [2.05, 4.69) is 0 Å². The third kappa shape index (κ3) is 4.47. The number of carbonyl (C=O) groups is 1. The first-order valence-electron chi connectivity index (χ1n) is 8.99. The Morgan fingerprint density at radius 2 is 1.21 bits per heavy atom. The van der Waals surface area contributed by atoms with E-state index < -0.39 is 0 Å². The molecule has 1 aliphatic rings. The fraction of sp³-hybridized carbons (Fsp3) is 0.261. The summed E-state index contributed by atoms with van der Waals surface area (Å²) in [5.74, 6) is 1.80. The predicted molar refractivity (Wildman–Crippen MR) is 120 cm³/mol. The summed E-state index contributed by atoms with van der Waals surface area (Å²) < 4.78 is 10.9. The van der Waals surface area contributed by atoms with Gasteiger partial charge in [0.05, 0.1) is 14.2 Å². The van der Waals surface area contributed by atoms with E-state index in [4.69, 9.17) is 9.47 Å². The maximum atomic E-state index is 12.9. The molecule has 28 heavy (non-hydrogen) atoms. The summed E-state index contributed by atoms with van der Waals surface area (Å²) >= 11 is 3.29. The Labute approximate surface area is 175 Å². The van der Waals surface area contributed by atoms with Gasteiger partial charge in [-0.25, -0.2) is 0 Å². The van der Waals surface area contributed by atoms with Gasteiger partial charge in [0.15, 0.2) is 5.78 Å². The predicted octanol–water partition coefficient (Wildman–Crippen LogP) is 5.98. The summed E-state index contributed by atoms with van der Waals surface area (Å²) in [6.45, 7) is 0. The number of thioether (sulfide) groups is 2. The normalized spacial score (nSPS) is 16.8. The minimum atomic E-state index is 0.126. The molecule has 0 saturated heterocycles. The molecule has 1 fully saturated rings. The quantitative estimate of drug-likeness (QED) is 0.431. The molecule has 0 unspecified atom stereocenters. The summed E-state index contributed by atoms with van der Waals surface area (Å²) in [6, 6.07) is 12.1. The SMILES string of the molecule is COc1cc(C=C2CCC(=Cc3ccc(SC)c(OC)c3)C2=O)ccc1SC. The molecule has 0 N–H and O–H groups in total. The molecule has 0 aliphatic heterocycles. The number of hydrogen-bond acceptors (Lipinski definition) is 5. The Balaban J connectivity index is 1.85. The van der Waals surface area contributed by atoms with E-state index in [0.29, 0.717) is 0 Å². The van der Waals surface area contributed by atoms with Crippen molar-refractivity contribution in [2.24, 2.45) is 0 Å². The molecule has 0 atom stereocenters. The van der Waals surface area contributed by atoms with Crippen LogP contribution in [0.4, 0.5) is 0 Å². The van der Waals surface area contributed by atoms with Gasteiger partial charge in [0.1, 0.15) is 11.5 Å². The smallest absolute Gasteiger partial charge is 0.185 e. The lowest BCUT2D eigenvalue weighted by Crippen LogP contribution is -1.96. The number of ether oxygens (including phenoxy) is 2. The first-order chi connectivity index (χ1) is 13.6. The van der Waals surface area contributed by atoms with Gasteiger partial charge in [-0.2, -0.15) is 0 Å². The zero-order valence-electron chi connectivity index (χ0n) is 16.6. The Kier molecular flexibility index (Phi) is 6.92. The molecular weight excluding hydrogens is 388 g/mol. The second-order valence-electron chi connectivity index (χ2n) is 6.40. The first kappa shape index (κ1) is 20.6. The molecule has 0 spiro atoms. The highest BCUT2D eigenvalue weighted by Crippen LogP contribution is 2.34. The summed E-state index contributed by atoms with van der Waals surface area (Å²) in [5, 5.41) is 0. The second-order valence-corrected chi connectivity index (χ2v) is 8.09. The lowest BCUT2D eigenvalue weighted by Gasteiger charge is -2.07. The van der Waals surface area contributed by atoms with Gasteiger partial charge in [-0.3, -0.25) is 4.79 Å². The molecule has 1 saturated carbocycles. The highest BCUT2D eigenvalue weighted by molar-refractivity contribution is 7.99. The summed E-state index contributed by atoms with van der Waals surface area (Å²) in [5.41, 5.74) is 3.67. The number of ketones is 1. The average Bonchev–Trinajstić information content (AvgIpc) is 3.07. The lowest BCUT2D eigenvalue weighted by atomic mass is 10.1. The van der Waals surface area contributed by atoms with Crippen LogP contribution in [0.15, 0.2) is 57.3 Å². The highest BCUT2D eigenvalue weighted by Gasteiger charge is 2.23. The molecule has 2 aromatic rings. The molecule has 1 aliphatic carbocycles. The fourth-order valence-electron chi connectivity index (χ4n) is 3.27. The molecule has 5 heteroatoms. The van der Waals surface area contributed by atoms with Crippen molar-refractivity contribution >= 4 is 41.5 Å². The van der Waals surface area contributed by atoms with Crippen molar-refractivity contribution in [2.45, 2.75) is 22.6 Å². The van der Waals surface area contributed by atoms with Gasteiger partial charge in [-0.1, -0.05) is 12.1 Å². The molecule has 0 aromatic heterocycles. The van der Waals surface area contributed by atoms with E-state index in [1.807, 2.05) is 61.1 Å². The van der Waals surface area contributed by atoms with Crippen molar-refractivity contribution in [3.05, 3.63) is 58.7 Å². The van der Waals surface area contributed by atoms with Crippen LogP contribution in [0.3, 0.4) is 0 Å². The van der Waals surface area contributed by atoms with Crippen LogP contribution in [0.5, 0.6) is 11.5 Å². The van der Waals surface area contributed by atoms with Crippen LogP contribution in [-0.2, 0) is 4.79 Å². The summed E-state index contributed by atoms with van der Waals surface area (Å²) in [4.78, 5) is 15.0. The van der Waals surface area contributed by atoms with E-state index >= 15 is 0 Å². The maximum absolute atomic E-state index is 12.9. The number of Topliss-reactive ketones (excluding diaryl/α,β-unsaturated/α-hetero) is 1. The monoisotopic (exact) mass is 412 g/mol. The lowest BCUT2D eigenvalue weighted by molar-refractivity contribution is -0.111. The molecule has 3 rings (SSSR count). The number of rotatable bonds is 6. The minimum absolute atomic E-state index is 0.126. The van der Waals surface area contributed by atoms with Crippen molar-refractivity contribution in [2.75, 3.05) is 26.7 Å². The van der Waals surface area contributed by atoms with Crippen molar-refractivity contribution < 1.29 is 14.3 Å². The molecule has 0 heterocycles. The van der Waals surface area contributed by atoms with E-state index in [-0.39, 0.29) is 5.78 Å². The van der Waals surface area contributed by atoms with Crippen LogP contribution in [0.25, 0.3) is 12.2 Å². The molecule has 146 valence electrons. The standard InChI is InChI=1S/C23H24O3S2/c1-25-19-13-15(5-9-21(19)27-3)11-17-7-8-18(23(17)24)12-16-6-10-22(28-4)20(14-16)26-2/h5-6,9-14H,7-8H2,1-4H3. The fourth-order valence-corrected chi connectivity index (χ4v) is 4.36. The molecular formula is C23H24O3S2. The van der Waals surface area contributed by atoms with Gasteiger partial charge in [0, 0.05) is 20.9 Å². The number of allylic oxidation sites excluding steroid dienone is 2. The zero-order valence-corrected chi connectivity index (χ0v) is 18.2. The molecule has 0 amide bonds. The van der Waals surface area contributed by atoms with E-state index in [9.17, 15) is 4.79 Å². The number of hydrogen-bond donors (Lipinski definition) is 0. The number of methoxy groups -OCH3 is 2. The first-order valence-corrected chi connectivity index (χ1v) is 11.4. The van der Waals surface area contributed by atoms with Gasteiger partial charge in [0.2, 0.25) is 0 Å². The highest BCUT2D eigenvalue weighted by atomic mass is 32.2. The average molecular weight is 413 g/mol. The minimum Gasteiger partial charge on any atom is -0.496 e. The zero-order chi connectivity index (χ0) is 20.1. The number of carbonyl (C=O) groups excluding carboxylic acids is 1. The van der Waals surface area contributed by atoms with Crippen LogP contribution in [0, 0.1) is 0 Å². The largest absolute Gasteiger partial charge is 0.496 e. The van der Waals surface area contributed by atoms with Gasteiger partial charge < -0.3 is 9.47 Å². The van der Waals surface area contributed by atoms with E-state index in [1.54, 1.807) is 37.7 Å². The van der Waals surface area contributed by atoms with Gasteiger partial charge in [-0.15, -0.1) is 23.5 Å². The molecule has 2 aromatic carbocycles. The Morgan fingerprint density at radius 3 is 1.57 bits per heavy atom. The Morgan fingerprint density at radius 1 is 0.786 bits per heavy atom. The van der Waals surface area contributed by atoms with Gasteiger partial charge in [-0.05, 0) is 72.9 Å². The van der Waals surface area contributed by atoms with E-state index in [0.717, 1.165) is 56.4 Å². The van der Waals surface area contributed by atoms with Crippen molar-refractivity contribution in [3.63, 3.8) is 0 Å². The third-order valence-corrected chi connectivity index (χ3v) is 6.30. The second kappa shape index (κ2) is 9.39. The van der Waals surface area contributed by atoms with Crippen LogP contribution in [0.2, 0.25) is 0 Å². The van der Waals surface area contributed by atoms with Crippen LogP contribution in [-0.4, -0.2) is 32.5 Å². The van der Waals surface area contributed by atoms with E-state index in [1.165, 1.54) is 0 Å². The van der Waals surface area contributed by atoms with Crippen molar-refractivity contribution in [3.8, 4) is 11.5 Å².